The molecule has 0 aromatic rings. The molecule has 0 amide bonds. The van der Waals surface area contributed by atoms with Crippen LogP contribution in [0.5, 0.6) is 0 Å². The molecule has 0 rings (SSSR count). The van der Waals surface area contributed by atoms with Crippen LogP contribution >= 0.6 is 15.6 Å². The average molecular weight is 1730 g/mol. The minimum Gasteiger partial charge on any atom is -0.463 e. The van der Waals surface area contributed by atoms with Crippen LogP contribution < -0.4 is 0 Å². The number of rotatable bonds is 89. The molecule has 0 aliphatic carbocycles. The minimum absolute atomic E-state index is 0.0846. The highest BCUT2D eigenvalue weighted by atomic mass is 31.2. The summed E-state index contributed by atoms with van der Waals surface area (Å²) in [6.07, 6.45) is 125. The molecular formula is C103H172O16P2. The van der Waals surface area contributed by atoms with Crippen LogP contribution in [0.4, 0.5) is 0 Å². The van der Waals surface area contributed by atoms with E-state index in [1.54, 1.807) is 0 Å². The van der Waals surface area contributed by atoms with Crippen LogP contribution in [-0.4, -0.2) is 95.9 Å². The third-order valence-electron chi connectivity index (χ3n) is 19.8. The summed E-state index contributed by atoms with van der Waals surface area (Å²) in [4.78, 5) is 59.1. The summed E-state index contributed by atoms with van der Waals surface area (Å²) in [6.45, 7) is 2.36. The molecule has 690 valence electrons. The van der Waals surface area contributed by atoms with Gasteiger partial charge in [0.1, 0.15) is 25.4 Å². The van der Waals surface area contributed by atoms with Crippen LogP contribution in [-0.2, 0) is 55.8 Å². The van der Waals surface area contributed by atoms with Gasteiger partial charge < -0.3 is 34.2 Å². The van der Waals surface area contributed by atoms with Gasteiger partial charge in [0.15, 0.2) is 6.10 Å². The van der Waals surface area contributed by atoms with E-state index in [1.165, 1.54) is 122 Å². The quantitative estimate of drug-likeness (QED) is 0.0146. The Balaban J connectivity index is 4.61. The second-order valence-electron chi connectivity index (χ2n) is 31.4. The lowest BCUT2D eigenvalue weighted by Crippen LogP contribution is -2.30. The van der Waals surface area contributed by atoms with Gasteiger partial charge in [-0.1, -0.05) is 395 Å². The van der Waals surface area contributed by atoms with Gasteiger partial charge >= 0.3 is 33.6 Å². The monoisotopic (exact) mass is 1730 g/mol. The molecule has 0 aliphatic heterocycles. The van der Waals surface area contributed by atoms with Crippen molar-refractivity contribution in [3.8, 4) is 0 Å². The van der Waals surface area contributed by atoms with E-state index in [0.29, 0.717) is 19.3 Å². The van der Waals surface area contributed by atoms with E-state index in [2.05, 4.69) is 215 Å². The smallest absolute Gasteiger partial charge is 0.463 e. The summed E-state index contributed by atoms with van der Waals surface area (Å²) >= 11 is 0. The fourth-order valence-electron chi connectivity index (χ4n) is 12.7. The number of phosphoric acid groups is 2. The van der Waals surface area contributed by atoms with Crippen LogP contribution in [0.3, 0.4) is 0 Å². The number of carbonyl (C=O) groups excluding carboxylic acids is 3. The van der Waals surface area contributed by atoms with Crippen LogP contribution in [0.25, 0.3) is 0 Å². The van der Waals surface area contributed by atoms with Crippen LogP contribution in [0.15, 0.2) is 194 Å². The Hall–Kier alpha value is -5.61. The fraction of sp³-hybridized carbons (Fsp3) is 0.660. The number of hydrogen-bond donors (Lipinski definition) is 4. The average Bonchev–Trinajstić information content (AvgIpc) is 0.899. The van der Waals surface area contributed by atoms with E-state index >= 15 is 0 Å². The Kier molecular flexibility index (Phi) is 89.2. The van der Waals surface area contributed by atoms with Crippen molar-refractivity contribution in [2.24, 2.45) is 0 Å². The molecule has 0 saturated heterocycles. The van der Waals surface area contributed by atoms with Crippen LogP contribution in [0.2, 0.25) is 0 Å². The summed E-state index contributed by atoms with van der Waals surface area (Å²) in [5, 5.41) is 20.8. The predicted octanol–water partition coefficient (Wildman–Crippen LogP) is 29.8. The molecule has 16 nitrogen and oxygen atoms in total. The standard InChI is InChI=1S/C103H172O16P2/c1-4-7-10-13-16-19-22-25-28-31-34-37-40-42-44-46-47-48-49-51-53-54-57-59-62-65-68-71-74-77-80-83-86-89-101(106)113-92-98(104)93-115-120(109,110)116-94-99(105)95-117-121(111,112)118-97-100(119-103(108)91-88-85-82-79-76-73-70-67-64-61-56-39-36-33-30-27-24-21-18-15-12-9-6-3)96-114-102(107)90-87-84-81-78-75-72-69-66-63-60-58-55-52-50-45-43-41-38-35-32-29-26-23-20-17-14-11-8-5-2/h7-12,16-21,25-30,34-39,42-45,52,55,61,64,98-100,104-105H,4-6,13-15,22-24,31-33,40-41,46-51,53-54,56-60,62-63,65-97H2,1-3H3,(H,109,110)(H,111,112)/b10-7-,11-8-,12-9-,19-16-,20-17-,21-18-,28-25-,29-26-,30-27-,37-34-,38-35-,39-36-,44-42-,45-43-,55-52-,64-61-. The number of unbranched alkanes of at least 4 members (excludes halogenated alkanes) is 34. The molecule has 0 saturated carbocycles. The first-order valence-corrected chi connectivity index (χ1v) is 50.7. The molecule has 121 heavy (non-hydrogen) atoms. The summed E-state index contributed by atoms with van der Waals surface area (Å²) in [5.41, 5.74) is 0. The highest BCUT2D eigenvalue weighted by Crippen LogP contribution is 2.45. The zero-order valence-electron chi connectivity index (χ0n) is 76.1. The van der Waals surface area contributed by atoms with Crippen molar-refractivity contribution in [2.45, 2.75) is 399 Å². The van der Waals surface area contributed by atoms with Gasteiger partial charge in [0.05, 0.1) is 26.4 Å². The number of ether oxygens (including phenoxy) is 3. The molecule has 0 aromatic heterocycles. The molecule has 0 radical (unpaired) electrons. The van der Waals surface area contributed by atoms with Gasteiger partial charge in [-0.05, 0) is 161 Å². The van der Waals surface area contributed by atoms with Gasteiger partial charge in [-0.3, -0.25) is 32.5 Å². The molecule has 5 atom stereocenters. The number of carbonyl (C=O) groups is 3. The molecule has 0 heterocycles. The molecule has 0 bridgehead atoms. The Labute approximate surface area is 737 Å². The van der Waals surface area contributed by atoms with Crippen molar-refractivity contribution in [1.29, 1.82) is 0 Å². The van der Waals surface area contributed by atoms with Crippen molar-refractivity contribution in [2.75, 3.05) is 39.6 Å². The Morgan fingerprint density at radius 1 is 0.231 bits per heavy atom. The van der Waals surface area contributed by atoms with E-state index in [9.17, 15) is 43.5 Å². The second kappa shape index (κ2) is 93.5. The number of hydrogen-bond acceptors (Lipinski definition) is 14. The van der Waals surface area contributed by atoms with Crippen molar-refractivity contribution >= 4 is 33.6 Å². The van der Waals surface area contributed by atoms with Gasteiger partial charge in [-0.25, -0.2) is 9.13 Å². The molecule has 0 spiro atoms. The predicted molar refractivity (Wildman–Crippen MR) is 509 cm³/mol. The first-order valence-electron chi connectivity index (χ1n) is 47.7. The molecule has 18 heteroatoms. The summed E-state index contributed by atoms with van der Waals surface area (Å²) in [5.74, 6) is -1.59. The third kappa shape index (κ3) is 94.9. The lowest BCUT2D eigenvalue weighted by Gasteiger charge is -2.21. The Morgan fingerprint density at radius 2 is 0.413 bits per heavy atom. The molecule has 4 N–H and O–H groups in total. The molecule has 0 aromatic carbocycles. The van der Waals surface area contributed by atoms with Gasteiger partial charge in [-0.2, -0.15) is 0 Å². The number of aliphatic hydroxyl groups is 2. The molecule has 0 fully saturated rings. The summed E-state index contributed by atoms with van der Waals surface area (Å²) in [6, 6.07) is 0. The molecule has 5 unspecified atom stereocenters. The van der Waals surface area contributed by atoms with E-state index in [0.717, 1.165) is 199 Å². The highest BCUT2D eigenvalue weighted by molar-refractivity contribution is 7.47. The van der Waals surface area contributed by atoms with Gasteiger partial charge in [0, 0.05) is 19.3 Å². The topological polar surface area (TPSA) is 231 Å². The van der Waals surface area contributed by atoms with Crippen molar-refractivity contribution in [1.82, 2.24) is 0 Å². The van der Waals surface area contributed by atoms with Crippen LogP contribution in [0.1, 0.15) is 380 Å². The molecular weight excluding hydrogens is 1560 g/mol. The minimum atomic E-state index is -4.95. The summed E-state index contributed by atoms with van der Waals surface area (Å²) in [7, 11) is -9.82. The van der Waals surface area contributed by atoms with E-state index in [4.69, 9.17) is 32.3 Å². The Bertz CT molecular complexity index is 2980. The lowest BCUT2D eigenvalue weighted by atomic mass is 10.0. The van der Waals surface area contributed by atoms with Gasteiger partial charge in [0.2, 0.25) is 0 Å². The largest absolute Gasteiger partial charge is 0.472 e. The first-order chi connectivity index (χ1) is 59.2. The summed E-state index contributed by atoms with van der Waals surface area (Å²) < 4.78 is 61.6. The number of aliphatic hydroxyl groups excluding tert-OH is 2. The SMILES string of the molecule is CC/C=C\C/C=C\C/C=C\C/C=C\C/C=C\C/C=C\CCCCCCCCCCCCC(=O)OCC(COP(=O)(O)OCC(O)COP(=O)(O)OCC(O)COC(=O)CCCCCCCCCCCCCCCCCCC/C=C\C/C=C\C/C=C\C/C=C\C/C=C\CC)OC(=O)CCCCCCCCC/C=C\C/C=C\C/C=C\C/C=C\C/C=C\CC. The first kappa shape index (κ1) is 115. The normalized spacial score (nSPS) is 14.6. The van der Waals surface area contributed by atoms with Crippen molar-refractivity contribution in [3.63, 3.8) is 0 Å². The number of allylic oxidation sites excluding steroid dienone is 32. The Morgan fingerprint density at radius 3 is 0.653 bits per heavy atom. The highest BCUT2D eigenvalue weighted by Gasteiger charge is 2.30. The van der Waals surface area contributed by atoms with E-state index < -0.39 is 91.5 Å². The second-order valence-corrected chi connectivity index (χ2v) is 34.3. The zero-order chi connectivity index (χ0) is 87.9. The lowest BCUT2D eigenvalue weighted by molar-refractivity contribution is -0.161. The number of phosphoric ester groups is 2. The maximum Gasteiger partial charge on any atom is 0.472 e. The van der Waals surface area contributed by atoms with E-state index in [1.807, 2.05) is 0 Å². The third-order valence-corrected chi connectivity index (χ3v) is 21.7. The fourth-order valence-corrected chi connectivity index (χ4v) is 14.3. The van der Waals surface area contributed by atoms with Crippen LogP contribution in [0, 0.1) is 0 Å². The van der Waals surface area contributed by atoms with Gasteiger partial charge in [0.25, 0.3) is 0 Å². The van der Waals surface area contributed by atoms with Crippen molar-refractivity contribution < 1.29 is 75.8 Å². The van der Waals surface area contributed by atoms with Gasteiger partial charge in [-0.15, -0.1) is 0 Å². The molecule has 0 aliphatic rings. The maximum absolute atomic E-state index is 13.1. The maximum atomic E-state index is 13.1. The van der Waals surface area contributed by atoms with Crippen molar-refractivity contribution in [3.05, 3.63) is 194 Å². The van der Waals surface area contributed by atoms with E-state index in [-0.39, 0.29) is 19.3 Å². The number of esters is 3. The zero-order valence-corrected chi connectivity index (χ0v) is 77.9.